The highest BCUT2D eigenvalue weighted by Crippen LogP contribution is 2.50. The Bertz CT molecular complexity index is 1040. The molecule has 0 N–H and O–H groups in total. The standard InChI is InChI=1S/C27H23NO2/c1-18-12-14-21(15-13-18)28-26(29)24-22(19-8-4-2-5-9-19)16-17-23(25(24)27(28)30)20-10-6-3-7-11-20/h2-17,22-25H,1H3/t22-,23+,24+,25-. The molecular weight excluding hydrogens is 370 g/mol. The summed E-state index contributed by atoms with van der Waals surface area (Å²) < 4.78 is 0. The first kappa shape index (κ1) is 18.6. The molecule has 0 radical (unpaired) electrons. The number of fused-ring (bicyclic) bond motifs is 1. The van der Waals surface area contributed by atoms with Crippen molar-refractivity contribution in [2.24, 2.45) is 11.8 Å². The fourth-order valence-electron chi connectivity index (χ4n) is 4.88. The van der Waals surface area contributed by atoms with Crippen molar-refractivity contribution in [2.45, 2.75) is 18.8 Å². The molecule has 148 valence electrons. The van der Waals surface area contributed by atoms with Crippen molar-refractivity contribution >= 4 is 17.5 Å². The van der Waals surface area contributed by atoms with Crippen LogP contribution in [0.2, 0.25) is 0 Å². The average molecular weight is 393 g/mol. The Morgan fingerprint density at radius 1 is 0.600 bits per heavy atom. The van der Waals surface area contributed by atoms with Crippen LogP contribution in [0.4, 0.5) is 5.69 Å². The number of nitrogens with zero attached hydrogens (tertiary/aromatic N) is 1. The van der Waals surface area contributed by atoms with Crippen LogP contribution in [0, 0.1) is 18.8 Å². The summed E-state index contributed by atoms with van der Waals surface area (Å²) in [5.74, 6) is -1.24. The Morgan fingerprint density at radius 2 is 1.03 bits per heavy atom. The van der Waals surface area contributed by atoms with Gasteiger partial charge < -0.3 is 0 Å². The SMILES string of the molecule is Cc1ccc(N2C(=O)[C@@H]3[C@H](C2=O)[C@H](c2ccccc2)C=C[C@@H]3c2ccccc2)cc1. The first-order valence-corrected chi connectivity index (χ1v) is 10.4. The molecule has 1 fully saturated rings. The van der Waals surface area contributed by atoms with Crippen molar-refractivity contribution in [2.75, 3.05) is 4.90 Å². The molecule has 1 saturated heterocycles. The Morgan fingerprint density at radius 3 is 1.47 bits per heavy atom. The zero-order chi connectivity index (χ0) is 20.7. The molecule has 0 bridgehead atoms. The van der Waals surface area contributed by atoms with Gasteiger partial charge in [0.1, 0.15) is 0 Å². The van der Waals surface area contributed by atoms with Gasteiger partial charge in [-0.1, -0.05) is 90.5 Å². The number of hydrogen-bond acceptors (Lipinski definition) is 2. The summed E-state index contributed by atoms with van der Waals surface area (Å²) in [6, 6.07) is 27.7. The van der Waals surface area contributed by atoms with Crippen LogP contribution in [0.1, 0.15) is 28.5 Å². The first-order valence-electron chi connectivity index (χ1n) is 10.4. The lowest BCUT2D eigenvalue weighted by Crippen LogP contribution is -2.31. The van der Waals surface area contributed by atoms with Crippen LogP contribution in [0.25, 0.3) is 0 Å². The fourth-order valence-corrected chi connectivity index (χ4v) is 4.88. The van der Waals surface area contributed by atoms with E-state index in [1.807, 2.05) is 91.9 Å². The minimum atomic E-state index is -0.406. The van der Waals surface area contributed by atoms with Gasteiger partial charge in [0.05, 0.1) is 17.5 Å². The second-order valence-electron chi connectivity index (χ2n) is 8.16. The molecule has 1 aliphatic heterocycles. The minimum Gasteiger partial charge on any atom is -0.274 e. The predicted molar refractivity (Wildman–Crippen MR) is 118 cm³/mol. The number of aryl methyl sites for hydroxylation is 1. The van der Waals surface area contributed by atoms with E-state index in [9.17, 15) is 9.59 Å². The second kappa shape index (κ2) is 7.42. The van der Waals surface area contributed by atoms with Gasteiger partial charge in [0, 0.05) is 11.8 Å². The molecule has 0 aromatic heterocycles. The van der Waals surface area contributed by atoms with Gasteiger partial charge in [-0.05, 0) is 30.2 Å². The molecule has 4 atom stereocenters. The number of allylic oxidation sites excluding steroid dienone is 2. The lowest BCUT2D eigenvalue weighted by atomic mass is 9.68. The van der Waals surface area contributed by atoms with Gasteiger partial charge in [0.2, 0.25) is 11.8 Å². The summed E-state index contributed by atoms with van der Waals surface area (Å²) in [7, 11) is 0. The third-order valence-corrected chi connectivity index (χ3v) is 6.36. The molecule has 2 aliphatic rings. The summed E-state index contributed by atoms with van der Waals surface area (Å²) in [6.45, 7) is 2.00. The van der Waals surface area contributed by atoms with E-state index >= 15 is 0 Å². The largest absolute Gasteiger partial charge is 0.274 e. The quantitative estimate of drug-likeness (QED) is 0.451. The van der Waals surface area contributed by atoms with E-state index in [4.69, 9.17) is 0 Å². The van der Waals surface area contributed by atoms with E-state index in [0.29, 0.717) is 5.69 Å². The third-order valence-electron chi connectivity index (χ3n) is 6.36. The van der Waals surface area contributed by atoms with Crippen LogP contribution in [-0.2, 0) is 9.59 Å². The molecule has 3 aromatic carbocycles. The first-order chi connectivity index (χ1) is 14.6. The van der Waals surface area contributed by atoms with Crippen molar-refractivity contribution in [1.82, 2.24) is 0 Å². The molecule has 30 heavy (non-hydrogen) atoms. The van der Waals surface area contributed by atoms with Gasteiger partial charge in [-0.2, -0.15) is 0 Å². The van der Waals surface area contributed by atoms with Crippen LogP contribution in [0.15, 0.2) is 97.1 Å². The number of carbonyl (C=O) groups excluding carboxylic acids is 2. The van der Waals surface area contributed by atoms with Crippen LogP contribution >= 0.6 is 0 Å². The molecule has 3 nitrogen and oxygen atoms in total. The Kier molecular flexibility index (Phi) is 4.59. The fraction of sp³-hybridized carbons (Fsp3) is 0.185. The average Bonchev–Trinajstić information content (AvgIpc) is 3.06. The van der Waals surface area contributed by atoms with E-state index in [-0.39, 0.29) is 23.7 Å². The zero-order valence-corrected chi connectivity index (χ0v) is 16.8. The number of carbonyl (C=O) groups is 2. The normalized spacial score (nSPS) is 25.4. The molecule has 2 amide bonds. The molecule has 3 heteroatoms. The molecular formula is C27H23NO2. The van der Waals surface area contributed by atoms with Crippen molar-refractivity contribution < 1.29 is 9.59 Å². The molecule has 5 rings (SSSR count). The van der Waals surface area contributed by atoms with E-state index in [1.165, 1.54) is 4.90 Å². The van der Waals surface area contributed by atoms with E-state index in [2.05, 4.69) is 12.2 Å². The van der Waals surface area contributed by atoms with Crippen LogP contribution in [0.5, 0.6) is 0 Å². The topological polar surface area (TPSA) is 37.4 Å². The predicted octanol–water partition coefficient (Wildman–Crippen LogP) is 5.24. The highest BCUT2D eigenvalue weighted by Gasteiger charge is 2.55. The minimum absolute atomic E-state index is 0.104. The Hall–Kier alpha value is -3.46. The lowest BCUT2D eigenvalue weighted by molar-refractivity contribution is -0.122. The third kappa shape index (κ3) is 2.98. The lowest BCUT2D eigenvalue weighted by Gasteiger charge is -2.32. The van der Waals surface area contributed by atoms with Crippen LogP contribution in [0.3, 0.4) is 0 Å². The van der Waals surface area contributed by atoms with Crippen molar-refractivity contribution in [3.63, 3.8) is 0 Å². The highest BCUT2D eigenvalue weighted by atomic mass is 16.2. The molecule has 0 unspecified atom stereocenters. The maximum absolute atomic E-state index is 13.7. The summed E-state index contributed by atoms with van der Waals surface area (Å²) in [6.07, 6.45) is 4.25. The smallest absolute Gasteiger partial charge is 0.238 e. The number of imide groups is 1. The van der Waals surface area contributed by atoms with E-state index in [1.54, 1.807) is 0 Å². The van der Waals surface area contributed by atoms with Gasteiger partial charge in [-0.15, -0.1) is 0 Å². The molecule has 3 aromatic rings. The molecule has 0 saturated carbocycles. The molecule has 1 aliphatic carbocycles. The van der Waals surface area contributed by atoms with Gasteiger partial charge in [0.15, 0.2) is 0 Å². The molecule has 1 heterocycles. The maximum Gasteiger partial charge on any atom is 0.238 e. The van der Waals surface area contributed by atoms with Gasteiger partial charge >= 0.3 is 0 Å². The van der Waals surface area contributed by atoms with Crippen LogP contribution in [-0.4, -0.2) is 11.8 Å². The molecule has 0 spiro atoms. The summed E-state index contributed by atoms with van der Waals surface area (Å²) in [5.41, 5.74) is 3.90. The number of rotatable bonds is 3. The second-order valence-corrected chi connectivity index (χ2v) is 8.16. The van der Waals surface area contributed by atoms with Crippen molar-refractivity contribution in [1.29, 1.82) is 0 Å². The highest BCUT2D eigenvalue weighted by molar-refractivity contribution is 6.23. The van der Waals surface area contributed by atoms with Crippen LogP contribution < -0.4 is 4.90 Å². The number of benzene rings is 3. The van der Waals surface area contributed by atoms with Gasteiger partial charge in [0.25, 0.3) is 0 Å². The van der Waals surface area contributed by atoms with Gasteiger partial charge in [-0.25, -0.2) is 4.90 Å². The van der Waals surface area contributed by atoms with E-state index < -0.39 is 11.8 Å². The van der Waals surface area contributed by atoms with Gasteiger partial charge in [-0.3, -0.25) is 9.59 Å². The summed E-state index contributed by atoms with van der Waals surface area (Å²) in [4.78, 5) is 28.7. The number of hydrogen-bond donors (Lipinski definition) is 0. The Balaban J connectivity index is 1.63. The monoisotopic (exact) mass is 393 g/mol. The zero-order valence-electron chi connectivity index (χ0n) is 16.8. The van der Waals surface area contributed by atoms with E-state index in [0.717, 1.165) is 16.7 Å². The number of anilines is 1. The summed E-state index contributed by atoms with van der Waals surface area (Å²) >= 11 is 0. The Labute approximate surface area is 176 Å². The summed E-state index contributed by atoms with van der Waals surface area (Å²) in [5, 5.41) is 0. The number of amides is 2. The van der Waals surface area contributed by atoms with Crippen molar-refractivity contribution in [3.05, 3.63) is 114 Å². The maximum atomic E-state index is 13.7. The van der Waals surface area contributed by atoms with Crippen molar-refractivity contribution in [3.8, 4) is 0 Å².